The number of anilines is 1. The molecule has 3 heteroatoms. The molecule has 0 atom stereocenters. The molecular weight excluding hydrogens is 607 g/mol. The van der Waals surface area contributed by atoms with E-state index in [9.17, 15) is 0 Å². The van der Waals surface area contributed by atoms with Gasteiger partial charge in [0.1, 0.15) is 6.54 Å². The van der Waals surface area contributed by atoms with E-state index in [1.165, 1.54) is 93.1 Å². The van der Waals surface area contributed by atoms with E-state index in [-0.39, 0.29) is 0 Å². The van der Waals surface area contributed by atoms with Crippen molar-refractivity contribution in [1.82, 2.24) is 9.14 Å². The number of nitrogens with zero attached hydrogens (tertiary/aromatic N) is 3. The monoisotopic (exact) mass is 648 g/mol. The molecule has 0 N–H and O–H groups in total. The summed E-state index contributed by atoms with van der Waals surface area (Å²) < 4.78 is 4.99. The van der Waals surface area contributed by atoms with Gasteiger partial charge in [0.15, 0.2) is 0 Å². The molecule has 1 aliphatic heterocycles. The van der Waals surface area contributed by atoms with E-state index >= 15 is 0 Å². The quantitative estimate of drug-likeness (QED) is 0.157. The molecule has 8 aromatic rings. The number of aromatic nitrogens is 1. The van der Waals surface area contributed by atoms with Crippen molar-refractivity contribution in [3.63, 3.8) is 0 Å². The van der Waals surface area contributed by atoms with Crippen LogP contribution >= 0.6 is 0 Å². The first kappa shape index (κ1) is 30.4. The van der Waals surface area contributed by atoms with E-state index in [1.54, 1.807) is 0 Å². The van der Waals surface area contributed by atoms with Crippen molar-refractivity contribution < 1.29 is 0 Å². The van der Waals surface area contributed by atoms with Crippen LogP contribution in [0.5, 0.6) is 0 Å². The number of hydrogen-bond acceptors (Lipinski definition) is 1. The van der Waals surface area contributed by atoms with Gasteiger partial charge in [0, 0.05) is 53.1 Å². The van der Waals surface area contributed by atoms with E-state index in [4.69, 9.17) is 0 Å². The minimum absolute atomic E-state index is 0.916. The van der Waals surface area contributed by atoms with E-state index in [0.717, 1.165) is 26.2 Å². The van der Waals surface area contributed by atoms with Gasteiger partial charge >= 0.3 is 0 Å². The lowest BCUT2D eigenvalue weighted by Crippen LogP contribution is -2.26. The van der Waals surface area contributed by atoms with Crippen LogP contribution in [-0.4, -0.2) is 24.2 Å². The third-order valence-corrected chi connectivity index (χ3v) is 11.0. The van der Waals surface area contributed by atoms with Gasteiger partial charge in [-0.2, -0.15) is 4.58 Å². The predicted octanol–water partition coefficient (Wildman–Crippen LogP) is 10.0. The van der Waals surface area contributed by atoms with Gasteiger partial charge in [-0.1, -0.05) is 84.9 Å². The topological polar surface area (TPSA) is 11.2 Å². The molecule has 0 saturated carbocycles. The zero-order chi connectivity index (χ0) is 33.9. The summed E-state index contributed by atoms with van der Waals surface area (Å²) in [7, 11) is 0. The molecule has 1 aliphatic rings. The lowest BCUT2D eigenvalue weighted by molar-refractivity contribution is 0.794. The van der Waals surface area contributed by atoms with Crippen molar-refractivity contribution in [2.24, 2.45) is 0 Å². The Morgan fingerprint density at radius 3 is 1.94 bits per heavy atom. The zero-order valence-corrected chi connectivity index (χ0v) is 29.4. The van der Waals surface area contributed by atoms with Gasteiger partial charge < -0.3 is 9.47 Å². The molecule has 50 heavy (non-hydrogen) atoms. The standard InChI is InChI=1S/C47H42N3/c1-5-48(6-2)32-27-25-31(26-28-32)45(39-29-41-35-19-13-15-23-43(35)49(7-3)46(41)37-21-11-9-17-33(37)39)40-30-42-36-20-14-16-24-44(36)50(8-4)47(42)38-22-12-10-18-34(38)40/h9-30H,5-8H2,1-4H3/q+1. The van der Waals surface area contributed by atoms with Gasteiger partial charge in [-0.25, -0.2) is 0 Å². The van der Waals surface area contributed by atoms with Gasteiger partial charge in [0.05, 0.1) is 22.0 Å². The first-order chi connectivity index (χ1) is 24.7. The molecule has 0 saturated heterocycles. The van der Waals surface area contributed by atoms with Gasteiger partial charge in [0.2, 0.25) is 11.0 Å². The number of hydrogen-bond donors (Lipinski definition) is 0. The molecule has 1 aromatic heterocycles. The molecule has 0 aliphatic carbocycles. The Morgan fingerprint density at radius 2 is 1.22 bits per heavy atom. The van der Waals surface area contributed by atoms with E-state index in [1.807, 2.05) is 0 Å². The molecule has 0 radical (unpaired) electrons. The molecule has 7 aromatic carbocycles. The van der Waals surface area contributed by atoms with Crippen LogP contribution in [-0.2, 0) is 6.54 Å². The number of fused-ring (bicyclic) bond motifs is 10. The van der Waals surface area contributed by atoms with Crippen LogP contribution in [0, 0.1) is 0 Å². The first-order valence-electron chi connectivity index (χ1n) is 18.2. The third-order valence-electron chi connectivity index (χ3n) is 11.0. The smallest absolute Gasteiger partial charge is 0.221 e. The summed E-state index contributed by atoms with van der Waals surface area (Å²) in [5.74, 6) is 0. The number of benzene rings is 7. The molecule has 244 valence electrons. The van der Waals surface area contributed by atoms with Gasteiger partial charge in [-0.15, -0.1) is 0 Å². The van der Waals surface area contributed by atoms with Crippen LogP contribution < -0.4 is 20.1 Å². The second kappa shape index (κ2) is 12.0. The predicted molar refractivity (Wildman–Crippen MR) is 214 cm³/mol. The Hall–Kier alpha value is -5.67. The van der Waals surface area contributed by atoms with Crippen molar-refractivity contribution in [2.75, 3.05) is 24.5 Å². The molecular formula is C47H42N3+. The van der Waals surface area contributed by atoms with Crippen molar-refractivity contribution in [1.29, 1.82) is 0 Å². The highest BCUT2D eigenvalue weighted by molar-refractivity contribution is 6.21. The number of para-hydroxylation sites is 2. The van der Waals surface area contributed by atoms with Crippen molar-refractivity contribution in [2.45, 2.75) is 34.2 Å². The normalized spacial score (nSPS) is 13.0. The van der Waals surface area contributed by atoms with Crippen LogP contribution in [0.15, 0.2) is 133 Å². The zero-order valence-electron chi connectivity index (χ0n) is 29.4. The van der Waals surface area contributed by atoms with Crippen LogP contribution in [0.3, 0.4) is 0 Å². The Kier molecular flexibility index (Phi) is 7.31. The van der Waals surface area contributed by atoms with Gasteiger partial charge in [0.25, 0.3) is 0 Å². The average molecular weight is 649 g/mol. The summed E-state index contributed by atoms with van der Waals surface area (Å²) in [6.45, 7) is 12.8. The molecule has 0 fully saturated rings. The fourth-order valence-corrected chi connectivity index (χ4v) is 8.78. The Labute approximate surface area is 293 Å². The Morgan fingerprint density at radius 1 is 0.580 bits per heavy atom. The minimum atomic E-state index is 0.916. The van der Waals surface area contributed by atoms with Crippen LogP contribution in [0.4, 0.5) is 11.4 Å². The summed E-state index contributed by atoms with van der Waals surface area (Å²) in [6.07, 6.45) is 0. The molecule has 9 rings (SSSR count). The Bertz CT molecular complexity index is 2740. The molecule has 0 spiro atoms. The highest BCUT2D eigenvalue weighted by Crippen LogP contribution is 2.40. The maximum atomic E-state index is 2.50. The van der Waals surface area contributed by atoms with E-state index in [0.29, 0.717) is 0 Å². The van der Waals surface area contributed by atoms with Crippen LogP contribution in [0.1, 0.15) is 38.8 Å². The fraction of sp³-hybridized carbons (Fsp3) is 0.170. The summed E-state index contributed by atoms with van der Waals surface area (Å²) in [6, 6.07) is 50.2. The van der Waals surface area contributed by atoms with Crippen molar-refractivity contribution >= 4 is 60.3 Å². The SMILES string of the molecule is CCN(CC)c1ccc(C(c2cc3c4ccccc4n(CC)c3c3ccccc23)=c2cc3c(c4ccccc24)=[N+](CC)c2ccccc2-3)cc1. The number of aryl methyl sites for hydroxylation is 1. The summed E-state index contributed by atoms with van der Waals surface area (Å²) >= 11 is 0. The number of rotatable bonds is 7. The minimum Gasteiger partial charge on any atom is -0.372 e. The largest absolute Gasteiger partial charge is 0.372 e. The summed E-state index contributed by atoms with van der Waals surface area (Å²) in [5.41, 5.74) is 11.5. The van der Waals surface area contributed by atoms with Crippen LogP contribution in [0.2, 0.25) is 0 Å². The van der Waals surface area contributed by atoms with Crippen LogP contribution in [0.25, 0.3) is 60.1 Å². The van der Waals surface area contributed by atoms with E-state index < -0.39 is 0 Å². The first-order valence-corrected chi connectivity index (χ1v) is 18.2. The molecule has 0 bridgehead atoms. The fourth-order valence-electron chi connectivity index (χ4n) is 8.78. The maximum Gasteiger partial charge on any atom is 0.221 e. The Balaban J connectivity index is 1.50. The van der Waals surface area contributed by atoms with Crippen molar-refractivity contribution in [3.05, 3.63) is 155 Å². The lowest BCUT2D eigenvalue weighted by Gasteiger charge is -2.22. The molecule has 3 nitrogen and oxygen atoms in total. The molecule has 0 amide bonds. The highest BCUT2D eigenvalue weighted by atomic mass is 15.1. The lowest BCUT2D eigenvalue weighted by atomic mass is 9.87. The third kappa shape index (κ3) is 4.39. The second-order valence-electron chi connectivity index (χ2n) is 13.3. The second-order valence-corrected chi connectivity index (χ2v) is 13.3. The van der Waals surface area contributed by atoms with Gasteiger partial charge in [-0.05, 0) is 103 Å². The molecule has 0 unspecified atom stereocenters. The maximum absolute atomic E-state index is 2.50. The average Bonchev–Trinajstić information content (AvgIpc) is 3.68. The highest BCUT2D eigenvalue weighted by Gasteiger charge is 2.29. The summed E-state index contributed by atoms with van der Waals surface area (Å²) in [5, 5.41) is 10.3. The molecule has 2 heterocycles. The van der Waals surface area contributed by atoms with Gasteiger partial charge in [-0.3, -0.25) is 0 Å². The summed E-state index contributed by atoms with van der Waals surface area (Å²) in [4.78, 5) is 2.42. The van der Waals surface area contributed by atoms with E-state index in [2.05, 4.69) is 175 Å². The van der Waals surface area contributed by atoms with Crippen molar-refractivity contribution in [3.8, 4) is 11.1 Å².